The van der Waals surface area contributed by atoms with Gasteiger partial charge in [-0.05, 0) is 29.7 Å². The molecule has 0 aliphatic carbocycles. The van der Waals surface area contributed by atoms with Crippen molar-refractivity contribution in [3.05, 3.63) is 24.3 Å². The summed E-state index contributed by atoms with van der Waals surface area (Å²) < 4.78 is 94.8. The molecule has 2 aromatic rings. The predicted molar refractivity (Wildman–Crippen MR) is 78.9 cm³/mol. The molecule has 0 unspecified atom stereocenters. The predicted octanol–water partition coefficient (Wildman–Crippen LogP) is -2.72. The molecule has 14 heteroatoms. The van der Waals surface area contributed by atoms with E-state index < -0.39 is 50.7 Å². The average Bonchev–Trinajstić information content (AvgIpc) is 2.33. The maximum atomic E-state index is 11.4. The topological polar surface area (TPSA) is 189 Å². The third kappa shape index (κ3) is 4.25. The summed E-state index contributed by atoms with van der Waals surface area (Å²) >= 11 is 0. The molecule has 24 heavy (non-hydrogen) atoms. The molecule has 0 aliphatic heterocycles. The molecule has 0 aliphatic rings. The summed E-state index contributed by atoms with van der Waals surface area (Å²) in [6.07, 6.45) is 0. The fourth-order valence-corrected chi connectivity index (χ4v) is 3.89. The molecule has 0 radical (unpaired) electrons. The van der Waals surface area contributed by atoms with Gasteiger partial charge >= 0.3 is 29.6 Å². The summed E-state index contributed by atoms with van der Waals surface area (Å²) in [4.78, 5) is -2.58. The quantitative estimate of drug-likeness (QED) is 0.236. The van der Waals surface area contributed by atoms with Crippen molar-refractivity contribution in [2.75, 3.05) is 5.73 Å². The monoisotopic (exact) mass is 407 g/mol. The standard InChI is InChI=1S/C10H9NO9S3.Na.H/c11-8-3-6(21(12,13)14)1-5-2-7(22(15,16)17)4-9(10(5)8)23(18,19)20;;/h1-4H,11H2,(H,12,13,14)(H,15,16,17)(H,18,19,20);;/q;+1;-1. The minimum absolute atomic E-state index is 0. The molecule has 0 atom stereocenters. The van der Waals surface area contributed by atoms with Crippen LogP contribution in [0.3, 0.4) is 0 Å². The summed E-state index contributed by atoms with van der Waals surface area (Å²) in [6, 6.07) is 2.69. The fourth-order valence-electron chi connectivity index (χ4n) is 1.96. The van der Waals surface area contributed by atoms with Crippen LogP contribution in [0.15, 0.2) is 39.0 Å². The number of fused-ring (bicyclic) bond motifs is 1. The number of nitrogen functional groups attached to an aromatic ring is 1. The first-order chi connectivity index (χ1) is 10.2. The van der Waals surface area contributed by atoms with Crippen LogP contribution in [0, 0.1) is 0 Å². The van der Waals surface area contributed by atoms with E-state index in [4.69, 9.17) is 14.8 Å². The second-order valence-electron chi connectivity index (χ2n) is 4.46. The maximum Gasteiger partial charge on any atom is 1.00 e. The molecule has 0 heterocycles. The van der Waals surface area contributed by atoms with E-state index in [0.717, 1.165) is 18.2 Å². The molecule has 2 rings (SSSR count). The van der Waals surface area contributed by atoms with Crippen LogP contribution < -0.4 is 35.3 Å². The third-order valence-electron chi connectivity index (χ3n) is 2.86. The molecule has 0 spiro atoms. The van der Waals surface area contributed by atoms with Gasteiger partial charge in [-0.25, -0.2) is 0 Å². The average molecular weight is 407 g/mol. The van der Waals surface area contributed by atoms with Crippen molar-refractivity contribution in [2.24, 2.45) is 0 Å². The minimum Gasteiger partial charge on any atom is -1.00 e. The van der Waals surface area contributed by atoms with Gasteiger partial charge in [0.1, 0.15) is 4.90 Å². The van der Waals surface area contributed by atoms with E-state index in [1.165, 1.54) is 0 Å². The van der Waals surface area contributed by atoms with Gasteiger partial charge in [0, 0.05) is 11.1 Å². The molecular weight excluding hydrogens is 397 g/mol. The van der Waals surface area contributed by atoms with E-state index in [1.54, 1.807) is 0 Å². The summed E-state index contributed by atoms with van der Waals surface area (Å²) in [5.41, 5.74) is 5.09. The Kier molecular flexibility index (Phi) is 5.77. The van der Waals surface area contributed by atoms with Gasteiger partial charge in [0.05, 0.1) is 9.79 Å². The molecular formula is C10H10NNaO9S3. The van der Waals surface area contributed by atoms with Crippen LogP contribution in [0.5, 0.6) is 0 Å². The molecule has 128 valence electrons. The first-order valence-electron chi connectivity index (χ1n) is 5.51. The molecule has 0 saturated heterocycles. The molecule has 0 bridgehead atoms. The number of rotatable bonds is 3. The molecule has 5 N–H and O–H groups in total. The first-order valence-corrected chi connectivity index (χ1v) is 9.83. The van der Waals surface area contributed by atoms with Crippen LogP contribution >= 0.6 is 0 Å². The molecule has 0 amide bonds. The largest absolute Gasteiger partial charge is 1.00 e. The van der Waals surface area contributed by atoms with E-state index in [2.05, 4.69) is 0 Å². The fraction of sp³-hybridized carbons (Fsp3) is 0. The third-order valence-corrected chi connectivity index (χ3v) is 5.40. The summed E-state index contributed by atoms with van der Waals surface area (Å²) in [5.74, 6) is 0. The van der Waals surface area contributed by atoms with E-state index >= 15 is 0 Å². The summed E-state index contributed by atoms with van der Waals surface area (Å²) in [5, 5.41) is -0.715. The van der Waals surface area contributed by atoms with Crippen molar-refractivity contribution in [2.45, 2.75) is 14.7 Å². The number of hydrogen-bond donors (Lipinski definition) is 4. The number of nitrogens with two attached hydrogens (primary N) is 1. The second kappa shape index (κ2) is 6.51. The van der Waals surface area contributed by atoms with Crippen LogP contribution in [0.25, 0.3) is 10.8 Å². The van der Waals surface area contributed by atoms with Crippen LogP contribution in [0.4, 0.5) is 5.69 Å². The molecule has 2 aromatic carbocycles. The molecule has 0 fully saturated rings. The van der Waals surface area contributed by atoms with E-state index in [-0.39, 0.29) is 41.8 Å². The molecule has 10 nitrogen and oxygen atoms in total. The van der Waals surface area contributed by atoms with E-state index in [9.17, 15) is 29.8 Å². The van der Waals surface area contributed by atoms with E-state index in [0.29, 0.717) is 6.07 Å². The Balaban J connectivity index is 0.00000288. The minimum atomic E-state index is -4.95. The zero-order valence-corrected chi connectivity index (χ0v) is 16.4. The van der Waals surface area contributed by atoms with Crippen molar-refractivity contribution in [3.8, 4) is 0 Å². The molecule has 0 aromatic heterocycles. The zero-order valence-electron chi connectivity index (χ0n) is 12.9. The molecule has 0 saturated carbocycles. The van der Waals surface area contributed by atoms with Crippen LogP contribution in [-0.4, -0.2) is 38.9 Å². The van der Waals surface area contributed by atoms with Crippen molar-refractivity contribution in [1.29, 1.82) is 0 Å². The van der Waals surface area contributed by atoms with Crippen molar-refractivity contribution in [3.63, 3.8) is 0 Å². The van der Waals surface area contributed by atoms with Crippen LogP contribution in [0.1, 0.15) is 1.43 Å². The Morgan fingerprint density at radius 1 is 0.750 bits per heavy atom. The zero-order chi connectivity index (χ0) is 17.8. The maximum absolute atomic E-state index is 11.4. The Bertz CT molecular complexity index is 1140. The normalized spacial score (nSPS) is 12.8. The smallest absolute Gasteiger partial charge is 1.00 e. The van der Waals surface area contributed by atoms with Gasteiger partial charge in [-0.2, -0.15) is 25.3 Å². The number of benzene rings is 2. The Morgan fingerprint density at radius 2 is 1.17 bits per heavy atom. The van der Waals surface area contributed by atoms with Crippen molar-refractivity contribution >= 4 is 46.8 Å². The Morgan fingerprint density at radius 3 is 1.54 bits per heavy atom. The van der Waals surface area contributed by atoms with Crippen molar-refractivity contribution in [1.82, 2.24) is 0 Å². The Hall–Kier alpha value is -0.770. The van der Waals surface area contributed by atoms with Gasteiger partial charge < -0.3 is 7.16 Å². The number of hydrogen-bond acceptors (Lipinski definition) is 7. The first kappa shape index (κ1) is 21.3. The van der Waals surface area contributed by atoms with Gasteiger partial charge in [0.25, 0.3) is 30.4 Å². The van der Waals surface area contributed by atoms with Crippen LogP contribution in [-0.2, 0) is 30.4 Å². The van der Waals surface area contributed by atoms with Gasteiger partial charge in [0.2, 0.25) is 0 Å². The van der Waals surface area contributed by atoms with E-state index in [1.807, 2.05) is 0 Å². The Labute approximate surface area is 160 Å². The van der Waals surface area contributed by atoms with Gasteiger partial charge in [-0.15, -0.1) is 0 Å². The summed E-state index contributed by atoms with van der Waals surface area (Å²) in [7, 11) is -14.5. The van der Waals surface area contributed by atoms with Crippen molar-refractivity contribution < 1.29 is 69.9 Å². The van der Waals surface area contributed by atoms with Gasteiger partial charge in [-0.1, -0.05) is 0 Å². The van der Waals surface area contributed by atoms with Gasteiger partial charge in [-0.3, -0.25) is 13.7 Å². The van der Waals surface area contributed by atoms with Gasteiger partial charge in [0.15, 0.2) is 0 Å². The summed E-state index contributed by atoms with van der Waals surface area (Å²) in [6.45, 7) is 0. The number of anilines is 1. The second-order valence-corrected chi connectivity index (χ2v) is 8.69. The van der Waals surface area contributed by atoms with Crippen LogP contribution in [0.2, 0.25) is 0 Å². The SMILES string of the molecule is Nc1cc(S(=O)(=O)O)cc2cc(S(=O)(=O)O)cc(S(=O)(=O)O)c12.[H-].[Na+].